The standard InChI is InChI=1S/C19H21N5O2/c1-11-16-12(2)23(15-7-5-4-6-8-15)22-17(16)19(26)24(21-11)13(3)18(25)20-14-9-10-14/h4-8,13-14H,9-10H2,1-3H3,(H,20,25)/t13-/m1/s1. The zero-order chi connectivity index (χ0) is 18.4. The van der Waals surface area contributed by atoms with Gasteiger partial charge < -0.3 is 5.32 Å². The third-order valence-electron chi connectivity index (χ3n) is 4.82. The van der Waals surface area contributed by atoms with Crippen molar-refractivity contribution >= 4 is 16.8 Å². The van der Waals surface area contributed by atoms with E-state index in [0.29, 0.717) is 11.2 Å². The molecule has 0 saturated heterocycles. The SMILES string of the molecule is Cc1nn([C@H](C)C(=O)NC2CC2)c(=O)c2nn(-c3ccccc3)c(C)c12. The minimum absolute atomic E-state index is 0.180. The van der Waals surface area contributed by atoms with Crippen molar-refractivity contribution in [3.63, 3.8) is 0 Å². The highest BCUT2D eigenvalue weighted by molar-refractivity contribution is 5.84. The number of carbonyl (C=O) groups is 1. The minimum Gasteiger partial charge on any atom is -0.352 e. The van der Waals surface area contributed by atoms with Gasteiger partial charge in [-0.15, -0.1) is 0 Å². The van der Waals surface area contributed by atoms with Crippen molar-refractivity contribution in [2.75, 3.05) is 0 Å². The molecular formula is C19H21N5O2. The fourth-order valence-electron chi connectivity index (χ4n) is 3.19. The van der Waals surface area contributed by atoms with E-state index < -0.39 is 6.04 Å². The summed E-state index contributed by atoms with van der Waals surface area (Å²) in [6.07, 6.45) is 2.00. The van der Waals surface area contributed by atoms with E-state index in [0.717, 1.165) is 29.6 Å². The quantitative estimate of drug-likeness (QED) is 0.780. The molecule has 0 spiro atoms. The molecule has 1 atom stereocenters. The van der Waals surface area contributed by atoms with Crippen molar-refractivity contribution in [2.24, 2.45) is 0 Å². The van der Waals surface area contributed by atoms with E-state index in [2.05, 4.69) is 15.5 Å². The summed E-state index contributed by atoms with van der Waals surface area (Å²) in [6.45, 7) is 5.45. The topological polar surface area (TPSA) is 81.8 Å². The Balaban J connectivity index is 1.84. The van der Waals surface area contributed by atoms with Crippen LogP contribution >= 0.6 is 0 Å². The number of aromatic nitrogens is 4. The molecule has 1 aliphatic rings. The Morgan fingerprint density at radius 2 is 1.88 bits per heavy atom. The highest BCUT2D eigenvalue weighted by atomic mass is 16.2. The molecule has 1 aromatic carbocycles. The first-order chi connectivity index (χ1) is 12.5. The second-order valence-corrected chi connectivity index (χ2v) is 6.85. The number of benzene rings is 1. The molecule has 1 N–H and O–H groups in total. The zero-order valence-corrected chi connectivity index (χ0v) is 15.1. The predicted molar refractivity (Wildman–Crippen MR) is 98.5 cm³/mol. The Morgan fingerprint density at radius 3 is 2.54 bits per heavy atom. The van der Waals surface area contributed by atoms with Crippen molar-refractivity contribution in [1.29, 1.82) is 0 Å². The van der Waals surface area contributed by atoms with E-state index in [1.807, 2.05) is 44.2 Å². The number of aryl methyl sites for hydroxylation is 2. The van der Waals surface area contributed by atoms with Crippen LogP contribution in [-0.4, -0.2) is 31.5 Å². The zero-order valence-electron chi connectivity index (χ0n) is 15.1. The van der Waals surface area contributed by atoms with Gasteiger partial charge in [0, 0.05) is 6.04 Å². The van der Waals surface area contributed by atoms with Crippen LogP contribution in [0.25, 0.3) is 16.6 Å². The summed E-state index contributed by atoms with van der Waals surface area (Å²) in [6, 6.07) is 9.22. The Labute approximate surface area is 150 Å². The van der Waals surface area contributed by atoms with E-state index in [1.165, 1.54) is 4.68 Å². The largest absolute Gasteiger partial charge is 0.352 e. The van der Waals surface area contributed by atoms with Crippen molar-refractivity contribution in [1.82, 2.24) is 24.9 Å². The molecule has 0 radical (unpaired) electrons. The summed E-state index contributed by atoms with van der Waals surface area (Å²) in [5.74, 6) is -0.180. The minimum atomic E-state index is -0.673. The maximum absolute atomic E-state index is 13.0. The number of hydrogen-bond acceptors (Lipinski definition) is 4. The molecule has 1 fully saturated rings. The monoisotopic (exact) mass is 351 g/mol. The van der Waals surface area contributed by atoms with E-state index in [-0.39, 0.29) is 17.5 Å². The van der Waals surface area contributed by atoms with Gasteiger partial charge >= 0.3 is 0 Å². The van der Waals surface area contributed by atoms with Gasteiger partial charge in [0.05, 0.1) is 22.5 Å². The predicted octanol–water partition coefficient (Wildman–Crippen LogP) is 2.04. The summed E-state index contributed by atoms with van der Waals surface area (Å²) in [5, 5.41) is 12.6. The van der Waals surface area contributed by atoms with Gasteiger partial charge in [-0.2, -0.15) is 10.2 Å². The summed E-state index contributed by atoms with van der Waals surface area (Å²) < 4.78 is 3.00. The van der Waals surface area contributed by atoms with Crippen LogP contribution in [0.15, 0.2) is 35.1 Å². The van der Waals surface area contributed by atoms with Crippen molar-refractivity contribution in [3.8, 4) is 5.69 Å². The van der Waals surface area contributed by atoms with Crippen LogP contribution in [0.1, 0.15) is 37.2 Å². The average molecular weight is 351 g/mol. The fourth-order valence-corrected chi connectivity index (χ4v) is 3.19. The highest BCUT2D eigenvalue weighted by Crippen LogP contribution is 2.22. The second kappa shape index (κ2) is 6.09. The number of rotatable bonds is 4. The van der Waals surface area contributed by atoms with Crippen LogP contribution in [0.5, 0.6) is 0 Å². The van der Waals surface area contributed by atoms with Crippen molar-refractivity contribution in [3.05, 3.63) is 52.1 Å². The molecule has 1 saturated carbocycles. The number of amides is 1. The van der Waals surface area contributed by atoms with Crippen LogP contribution < -0.4 is 10.9 Å². The lowest BCUT2D eigenvalue weighted by atomic mass is 10.2. The first-order valence-electron chi connectivity index (χ1n) is 8.82. The van der Waals surface area contributed by atoms with Crippen LogP contribution in [-0.2, 0) is 4.79 Å². The molecule has 1 amide bonds. The first-order valence-corrected chi connectivity index (χ1v) is 8.82. The van der Waals surface area contributed by atoms with Gasteiger partial charge in [0.2, 0.25) is 5.91 Å². The molecule has 3 aromatic rings. The molecule has 1 aliphatic carbocycles. The van der Waals surface area contributed by atoms with E-state index in [4.69, 9.17) is 0 Å². The smallest absolute Gasteiger partial charge is 0.295 e. The number of nitrogens with one attached hydrogen (secondary N) is 1. The Bertz CT molecular complexity index is 1050. The van der Waals surface area contributed by atoms with Crippen molar-refractivity contribution < 1.29 is 4.79 Å². The molecule has 0 unspecified atom stereocenters. The van der Waals surface area contributed by atoms with E-state index in [1.54, 1.807) is 11.6 Å². The number of fused-ring (bicyclic) bond motifs is 1. The first kappa shape index (κ1) is 16.5. The average Bonchev–Trinajstić information content (AvgIpc) is 3.38. The molecule has 7 nitrogen and oxygen atoms in total. The fraction of sp³-hybridized carbons (Fsp3) is 0.368. The summed E-state index contributed by atoms with van der Waals surface area (Å²) >= 11 is 0. The third-order valence-corrected chi connectivity index (χ3v) is 4.82. The van der Waals surface area contributed by atoms with Crippen molar-refractivity contribution in [2.45, 2.75) is 45.7 Å². The lowest BCUT2D eigenvalue weighted by Crippen LogP contribution is -2.38. The molecule has 0 aliphatic heterocycles. The van der Waals surface area contributed by atoms with Gasteiger partial charge in [-0.25, -0.2) is 9.36 Å². The summed E-state index contributed by atoms with van der Waals surface area (Å²) in [7, 11) is 0. The van der Waals surface area contributed by atoms with Gasteiger partial charge in [0.1, 0.15) is 6.04 Å². The van der Waals surface area contributed by atoms with E-state index in [9.17, 15) is 9.59 Å². The number of hydrogen-bond donors (Lipinski definition) is 1. The van der Waals surface area contributed by atoms with Gasteiger partial charge in [0.25, 0.3) is 5.56 Å². The Kier molecular flexibility index (Phi) is 3.86. The number of para-hydroxylation sites is 1. The van der Waals surface area contributed by atoms with Crippen LogP contribution in [0.2, 0.25) is 0 Å². The van der Waals surface area contributed by atoms with Crippen LogP contribution in [0.4, 0.5) is 0 Å². The lowest BCUT2D eigenvalue weighted by molar-refractivity contribution is -0.124. The molecule has 4 rings (SSSR count). The van der Waals surface area contributed by atoms with Crippen LogP contribution in [0.3, 0.4) is 0 Å². The van der Waals surface area contributed by atoms with E-state index >= 15 is 0 Å². The second-order valence-electron chi connectivity index (χ2n) is 6.85. The molecule has 2 heterocycles. The Morgan fingerprint density at radius 1 is 1.19 bits per heavy atom. The summed E-state index contributed by atoms with van der Waals surface area (Å²) in [5.41, 5.74) is 2.42. The van der Waals surface area contributed by atoms with Gasteiger partial charge in [0.15, 0.2) is 5.52 Å². The normalized spacial score (nSPS) is 15.2. The number of nitrogens with zero attached hydrogens (tertiary/aromatic N) is 4. The maximum Gasteiger partial charge on any atom is 0.295 e. The molecule has 134 valence electrons. The summed E-state index contributed by atoms with van der Waals surface area (Å²) in [4.78, 5) is 25.3. The molecule has 2 aromatic heterocycles. The Hall–Kier alpha value is -2.96. The maximum atomic E-state index is 13.0. The highest BCUT2D eigenvalue weighted by Gasteiger charge is 2.28. The molecule has 26 heavy (non-hydrogen) atoms. The van der Waals surface area contributed by atoms with Gasteiger partial charge in [-0.3, -0.25) is 9.59 Å². The molecular weight excluding hydrogens is 330 g/mol. The third kappa shape index (κ3) is 2.69. The molecule has 7 heteroatoms. The molecule has 0 bridgehead atoms. The van der Waals surface area contributed by atoms with Gasteiger partial charge in [-0.05, 0) is 45.7 Å². The number of carbonyl (C=O) groups excluding carboxylic acids is 1. The lowest BCUT2D eigenvalue weighted by Gasteiger charge is -2.14. The van der Waals surface area contributed by atoms with Gasteiger partial charge in [-0.1, -0.05) is 18.2 Å². The van der Waals surface area contributed by atoms with Crippen LogP contribution in [0, 0.1) is 13.8 Å².